The maximum atomic E-state index is 12.1. The van der Waals surface area contributed by atoms with Gasteiger partial charge in [-0.1, -0.05) is 41.7 Å². The molecule has 0 saturated carbocycles. The lowest BCUT2D eigenvalue weighted by Crippen LogP contribution is -2.33. The summed E-state index contributed by atoms with van der Waals surface area (Å²) in [5.74, 6) is 0. The van der Waals surface area contributed by atoms with Gasteiger partial charge in [0, 0.05) is 13.1 Å². The highest BCUT2D eigenvalue weighted by Crippen LogP contribution is 1.98. The topological polar surface area (TPSA) is 34.4 Å². The van der Waals surface area contributed by atoms with E-state index in [1.807, 2.05) is 36.4 Å². The van der Waals surface area contributed by atoms with Gasteiger partial charge in [0.05, 0.1) is 4.53 Å². The van der Waals surface area contributed by atoms with Crippen molar-refractivity contribution in [2.45, 2.75) is 13.0 Å². The molecule has 1 aliphatic rings. The Hall–Kier alpha value is -1.68. The second-order valence-corrected chi connectivity index (χ2v) is 5.01. The fourth-order valence-electron chi connectivity index (χ4n) is 1.93. The second kappa shape index (κ2) is 4.30. The first kappa shape index (κ1) is 10.5. The van der Waals surface area contributed by atoms with Gasteiger partial charge in [-0.3, -0.25) is 14.4 Å². The molecule has 2 heterocycles. The number of aromatic nitrogens is 1. The first-order valence-corrected chi connectivity index (χ1v) is 6.47. The van der Waals surface area contributed by atoms with Crippen LogP contribution in [0.25, 0.3) is 6.08 Å². The minimum absolute atomic E-state index is 0.0947. The standard InChI is InChI=1S/C13H12N2OS/c16-12-11(9-10-5-2-1-3-6-10)17-13-14-7-4-8-15(12)13/h1-3,5-6,9H,4,7-8H2/b11-9-. The lowest BCUT2D eigenvalue weighted by atomic mass is 10.2. The largest absolute Gasteiger partial charge is 0.284 e. The summed E-state index contributed by atoms with van der Waals surface area (Å²) in [5.41, 5.74) is 1.15. The molecule has 0 saturated heterocycles. The van der Waals surface area contributed by atoms with Crippen LogP contribution >= 0.6 is 11.3 Å². The van der Waals surface area contributed by atoms with Crippen LogP contribution in [0.15, 0.2) is 40.1 Å². The van der Waals surface area contributed by atoms with Crippen molar-refractivity contribution in [1.29, 1.82) is 0 Å². The van der Waals surface area contributed by atoms with Crippen molar-refractivity contribution < 1.29 is 0 Å². The van der Waals surface area contributed by atoms with E-state index in [0.717, 1.165) is 34.4 Å². The van der Waals surface area contributed by atoms with Gasteiger partial charge in [-0.2, -0.15) is 0 Å². The van der Waals surface area contributed by atoms with Crippen LogP contribution < -0.4 is 14.9 Å². The van der Waals surface area contributed by atoms with Crippen LogP contribution in [-0.2, 0) is 6.54 Å². The predicted octanol–water partition coefficient (Wildman–Crippen LogP) is 0.762. The number of nitrogens with zero attached hydrogens (tertiary/aromatic N) is 2. The molecule has 2 aromatic rings. The van der Waals surface area contributed by atoms with Gasteiger partial charge in [-0.25, -0.2) is 0 Å². The molecule has 3 rings (SSSR count). The van der Waals surface area contributed by atoms with E-state index in [1.54, 1.807) is 4.57 Å². The van der Waals surface area contributed by atoms with E-state index in [-0.39, 0.29) is 5.56 Å². The number of rotatable bonds is 1. The number of benzene rings is 1. The van der Waals surface area contributed by atoms with E-state index in [9.17, 15) is 4.79 Å². The molecule has 0 aliphatic carbocycles. The predicted molar refractivity (Wildman–Crippen MR) is 68.9 cm³/mol. The normalized spacial score (nSPS) is 15.4. The van der Waals surface area contributed by atoms with E-state index in [4.69, 9.17) is 0 Å². The van der Waals surface area contributed by atoms with Crippen LogP contribution in [0.4, 0.5) is 0 Å². The van der Waals surface area contributed by atoms with Crippen LogP contribution in [-0.4, -0.2) is 11.1 Å². The summed E-state index contributed by atoms with van der Waals surface area (Å²) in [6.45, 7) is 1.64. The van der Waals surface area contributed by atoms with Gasteiger partial charge in [0.15, 0.2) is 4.80 Å². The summed E-state index contributed by atoms with van der Waals surface area (Å²) in [4.78, 5) is 17.3. The Morgan fingerprint density at radius 2 is 2.12 bits per heavy atom. The molecule has 0 atom stereocenters. The van der Waals surface area contributed by atoms with Crippen molar-refractivity contribution in [2.75, 3.05) is 6.54 Å². The van der Waals surface area contributed by atoms with Crippen LogP contribution in [0.3, 0.4) is 0 Å². The summed E-state index contributed by atoms with van der Waals surface area (Å²) < 4.78 is 2.56. The molecule has 3 nitrogen and oxygen atoms in total. The molecular formula is C13H12N2OS. The van der Waals surface area contributed by atoms with Gasteiger partial charge >= 0.3 is 0 Å². The fraction of sp³-hybridized carbons (Fsp3) is 0.231. The Balaban J connectivity index is 2.21. The summed E-state index contributed by atoms with van der Waals surface area (Å²) in [6.07, 6.45) is 2.91. The maximum absolute atomic E-state index is 12.1. The SMILES string of the molecule is O=c1/c(=C/c2ccccc2)sc2n1CCCN=2. The molecule has 0 amide bonds. The average Bonchev–Trinajstić information content (AvgIpc) is 2.68. The zero-order valence-corrected chi connectivity index (χ0v) is 10.1. The molecule has 0 N–H and O–H groups in total. The molecule has 0 unspecified atom stereocenters. The smallest absolute Gasteiger partial charge is 0.270 e. The van der Waals surface area contributed by atoms with E-state index in [0.29, 0.717) is 0 Å². The van der Waals surface area contributed by atoms with E-state index < -0.39 is 0 Å². The summed E-state index contributed by atoms with van der Waals surface area (Å²) >= 11 is 1.49. The molecule has 4 heteroatoms. The molecular weight excluding hydrogens is 232 g/mol. The summed E-state index contributed by atoms with van der Waals surface area (Å²) in [7, 11) is 0. The summed E-state index contributed by atoms with van der Waals surface area (Å²) in [6, 6.07) is 9.92. The lowest BCUT2D eigenvalue weighted by molar-refractivity contribution is 0.573. The third-order valence-corrected chi connectivity index (χ3v) is 3.82. The fourth-order valence-corrected chi connectivity index (χ4v) is 2.96. The van der Waals surface area contributed by atoms with Gasteiger partial charge in [0.1, 0.15) is 0 Å². The van der Waals surface area contributed by atoms with Crippen molar-refractivity contribution in [3.05, 3.63) is 55.6 Å². The zero-order valence-electron chi connectivity index (χ0n) is 9.30. The van der Waals surface area contributed by atoms with Gasteiger partial charge in [-0.05, 0) is 18.1 Å². The van der Waals surface area contributed by atoms with E-state index in [2.05, 4.69) is 4.99 Å². The van der Waals surface area contributed by atoms with Crippen molar-refractivity contribution in [2.24, 2.45) is 4.99 Å². The van der Waals surface area contributed by atoms with E-state index >= 15 is 0 Å². The molecule has 1 aliphatic heterocycles. The molecule has 0 spiro atoms. The molecule has 86 valence electrons. The van der Waals surface area contributed by atoms with Crippen molar-refractivity contribution >= 4 is 17.4 Å². The number of hydrogen-bond donors (Lipinski definition) is 0. The molecule has 1 aromatic carbocycles. The number of thiazole rings is 1. The zero-order chi connectivity index (χ0) is 11.7. The number of fused-ring (bicyclic) bond motifs is 1. The van der Waals surface area contributed by atoms with Gasteiger partial charge in [0.25, 0.3) is 5.56 Å². The van der Waals surface area contributed by atoms with Gasteiger partial charge < -0.3 is 0 Å². The number of hydrogen-bond acceptors (Lipinski definition) is 3. The maximum Gasteiger partial charge on any atom is 0.270 e. The minimum atomic E-state index is 0.0947. The highest BCUT2D eigenvalue weighted by atomic mass is 32.1. The lowest BCUT2D eigenvalue weighted by Gasteiger charge is -2.03. The Kier molecular flexibility index (Phi) is 2.65. The first-order chi connectivity index (χ1) is 8.34. The van der Waals surface area contributed by atoms with Crippen molar-refractivity contribution in [1.82, 2.24) is 4.57 Å². The Bertz CT molecular complexity index is 697. The highest BCUT2D eigenvalue weighted by molar-refractivity contribution is 7.07. The van der Waals surface area contributed by atoms with Crippen LogP contribution in [0.2, 0.25) is 0 Å². The average molecular weight is 244 g/mol. The minimum Gasteiger partial charge on any atom is -0.284 e. The Morgan fingerprint density at radius 3 is 2.88 bits per heavy atom. The Labute approximate surface area is 102 Å². The third-order valence-electron chi connectivity index (χ3n) is 2.77. The Morgan fingerprint density at radius 1 is 1.29 bits per heavy atom. The third kappa shape index (κ3) is 1.96. The molecule has 1 aromatic heterocycles. The highest BCUT2D eigenvalue weighted by Gasteiger charge is 2.08. The molecule has 0 fully saturated rings. The molecule has 0 radical (unpaired) electrons. The molecule has 17 heavy (non-hydrogen) atoms. The van der Waals surface area contributed by atoms with Crippen molar-refractivity contribution in [3.8, 4) is 0 Å². The monoisotopic (exact) mass is 244 g/mol. The van der Waals surface area contributed by atoms with Gasteiger partial charge in [0.2, 0.25) is 0 Å². The second-order valence-electron chi connectivity index (χ2n) is 4.00. The molecule has 0 bridgehead atoms. The first-order valence-electron chi connectivity index (χ1n) is 5.65. The summed E-state index contributed by atoms with van der Waals surface area (Å²) in [5, 5.41) is 0. The quantitative estimate of drug-likeness (QED) is 0.729. The van der Waals surface area contributed by atoms with E-state index in [1.165, 1.54) is 11.3 Å². The van der Waals surface area contributed by atoms with Crippen LogP contribution in [0.5, 0.6) is 0 Å². The van der Waals surface area contributed by atoms with Crippen molar-refractivity contribution in [3.63, 3.8) is 0 Å². The van der Waals surface area contributed by atoms with Crippen LogP contribution in [0.1, 0.15) is 12.0 Å². The van der Waals surface area contributed by atoms with Gasteiger partial charge in [-0.15, -0.1) is 0 Å². The van der Waals surface area contributed by atoms with Crippen LogP contribution in [0, 0.1) is 0 Å².